The summed E-state index contributed by atoms with van der Waals surface area (Å²) >= 11 is 0. The van der Waals surface area contributed by atoms with Crippen molar-refractivity contribution in [3.63, 3.8) is 0 Å². The fourth-order valence-corrected chi connectivity index (χ4v) is 2.90. The number of hydrogen-bond donors (Lipinski definition) is 2. The van der Waals surface area contributed by atoms with E-state index in [2.05, 4.69) is 13.8 Å². The molecule has 1 amide bonds. The first-order chi connectivity index (χ1) is 9.50. The van der Waals surface area contributed by atoms with Gasteiger partial charge in [-0.25, -0.2) is 0 Å². The molecule has 110 valence electrons. The van der Waals surface area contributed by atoms with Crippen LogP contribution in [0.5, 0.6) is 5.75 Å². The molecular formula is C16H24N2O2. The van der Waals surface area contributed by atoms with Crippen LogP contribution in [0.1, 0.15) is 43.5 Å². The lowest BCUT2D eigenvalue weighted by Gasteiger charge is -2.22. The molecule has 0 aliphatic carbocycles. The molecule has 0 spiro atoms. The molecule has 20 heavy (non-hydrogen) atoms. The number of para-hydroxylation sites is 1. The number of likely N-dealkylation sites (tertiary alicyclic amines) is 1. The smallest absolute Gasteiger partial charge is 0.257 e. The van der Waals surface area contributed by atoms with E-state index in [0.717, 1.165) is 25.9 Å². The van der Waals surface area contributed by atoms with Gasteiger partial charge in [-0.3, -0.25) is 4.79 Å². The van der Waals surface area contributed by atoms with Crippen molar-refractivity contribution in [2.45, 2.75) is 33.1 Å². The number of phenols is 1. The average molecular weight is 276 g/mol. The monoisotopic (exact) mass is 276 g/mol. The number of nitrogens with zero attached hydrogens (tertiary/aromatic N) is 1. The Morgan fingerprint density at radius 3 is 2.80 bits per heavy atom. The summed E-state index contributed by atoms with van der Waals surface area (Å²) < 4.78 is 0. The van der Waals surface area contributed by atoms with Crippen LogP contribution in [-0.2, 0) is 0 Å². The van der Waals surface area contributed by atoms with E-state index < -0.39 is 0 Å². The van der Waals surface area contributed by atoms with Crippen LogP contribution in [0.4, 0.5) is 5.69 Å². The third-order valence-corrected chi connectivity index (χ3v) is 4.30. The quantitative estimate of drug-likeness (QED) is 0.644. The second kappa shape index (κ2) is 6.16. The van der Waals surface area contributed by atoms with Crippen molar-refractivity contribution in [1.29, 1.82) is 0 Å². The molecular weight excluding hydrogens is 252 g/mol. The normalized spacial score (nSPS) is 19.9. The van der Waals surface area contributed by atoms with Gasteiger partial charge >= 0.3 is 0 Å². The highest BCUT2D eigenvalue weighted by molar-refractivity contribution is 5.98. The number of hydrogen-bond acceptors (Lipinski definition) is 3. The highest BCUT2D eigenvalue weighted by Gasteiger charge is 2.24. The van der Waals surface area contributed by atoms with Crippen molar-refractivity contribution in [2.75, 3.05) is 18.8 Å². The van der Waals surface area contributed by atoms with Gasteiger partial charge in [0.05, 0.1) is 11.3 Å². The van der Waals surface area contributed by atoms with Crippen LogP contribution < -0.4 is 5.73 Å². The number of nitrogens with two attached hydrogens (primary N) is 1. The third kappa shape index (κ3) is 3.06. The Hall–Kier alpha value is -1.71. The first-order valence-electron chi connectivity index (χ1n) is 7.37. The molecule has 1 fully saturated rings. The Labute approximate surface area is 120 Å². The number of amides is 1. The molecule has 1 aromatic carbocycles. The summed E-state index contributed by atoms with van der Waals surface area (Å²) in [5.41, 5.74) is 6.23. The fourth-order valence-electron chi connectivity index (χ4n) is 2.90. The Balaban J connectivity index is 2.11. The van der Waals surface area contributed by atoms with Crippen LogP contribution in [0, 0.1) is 11.8 Å². The predicted molar refractivity (Wildman–Crippen MR) is 80.6 cm³/mol. The van der Waals surface area contributed by atoms with E-state index in [9.17, 15) is 9.90 Å². The van der Waals surface area contributed by atoms with Crippen molar-refractivity contribution in [3.05, 3.63) is 23.8 Å². The summed E-state index contributed by atoms with van der Waals surface area (Å²) in [6, 6.07) is 4.94. The molecule has 2 rings (SSSR count). The Bertz CT molecular complexity index is 485. The summed E-state index contributed by atoms with van der Waals surface area (Å²) in [4.78, 5) is 14.4. The fraction of sp³-hybridized carbons (Fsp3) is 0.562. The highest BCUT2D eigenvalue weighted by atomic mass is 16.3. The van der Waals surface area contributed by atoms with Crippen LogP contribution in [0.2, 0.25) is 0 Å². The Morgan fingerprint density at radius 2 is 2.10 bits per heavy atom. The minimum atomic E-state index is -0.112. The molecule has 1 saturated heterocycles. The first kappa shape index (κ1) is 14.7. The number of aromatic hydroxyl groups is 1. The van der Waals surface area contributed by atoms with Gasteiger partial charge in [-0.15, -0.1) is 0 Å². The zero-order valence-electron chi connectivity index (χ0n) is 12.3. The van der Waals surface area contributed by atoms with Crippen molar-refractivity contribution in [3.8, 4) is 5.75 Å². The third-order valence-electron chi connectivity index (χ3n) is 4.30. The molecule has 0 radical (unpaired) electrons. The molecule has 1 aromatic rings. The molecule has 1 unspecified atom stereocenters. The zero-order chi connectivity index (χ0) is 14.7. The summed E-state index contributed by atoms with van der Waals surface area (Å²) in [7, 11) is 0. The lowest BCUT2D eigenvalue weighted by Crippen LogP contribution is -2.32. The van der Waals surface area contributed by atoms with E-state index in [-0.39, 0.29) is 17.3 Å². The van der Waals surface area contributed by atoms with Gasteiger partial charge in [-0.2, -0.15) is 0 Å². The van der Waals surface area contributed by atoms with Crippen LogP contribution in [0.25, 0.3) is 0 Å². The first-order valence-corrected chi connectivity index (χ1v) is 7.37. The SMILES string of the molecule is CC(C)C1CCCN(C(=O)c2cccc(N)c2O)CC1. The van der Waals surface area contributed by atoms with Gasteiger partial charge in [-0.05, 0) is 43.2 Å². The standard InChI is InChI=1S/C16H24N2O2/c1-11(2)12-5-4-9-18(10-8-12)16(20)13-6-3-7-14(17)15(13)19/h3,6-7,11-12,19H,4-5,8-10,17H2,1-2H3. The van der Waals surface area contributed by atoms with Gasteiger partial charge in [0.2, 0.25) is 0 Å². The van der Waals surface area contributed by atoms with E-state index in [1.807, 2.05) is 4.90 Å². The highest BCUT2D eigenvalue weighted by Crippen LogP contribution is 2.28. The topological polar surface area (TPSA) is 66.6 Å². The van der Waals surface area contributed by atoms with Crippen LogP contribution in [0.3, 0.4) is 0 Å². The average Bonchev–Trinajstić information content (AvgIpc) is 2.67. The van der Waals surface area contributed by atoms with Crippen LogP contribution >= 0.6 is 0 Å². The molecule has 4 heteroatoms. The molecule has 4 nitrogen and oxygen atoms in total. The molecule has 0 saturated carbocycles. The molecule has 1 heterocycles. The maximum absolute atomic E-state index is 12.5. The Kier molecular flexibility index (Phi) is 4.53. The van der Waals surface area contributed by atoms with Crippen molar-refractivity contribution < 1.29 is 9.90 Å². The number of rotatable bonds is 2. The predicted octanol–water partition coefficient (Wildman–Crippen LogP) is 2.87. The molecule has 1 aliphatic heterocycles. The van der Waals surface area contributed by atoms with E-state index in [1.165, 1.54) is 6.42 Å². The number of nitrogen functional groups attached to an aromatic ring is 1. The molecule has 0 bridgehead atoms. The molecule has 0 aromatic heterocycles. The number of phenolic OH excluding ortho intramolecular Hbond substituents is 1. The lowest BCUT2D eigenvalue weighted by molar-refractivity contribution is 0.0756. The van der Waals surface area contributed by atoms with Crippen molar-refractivity contribution >= 4 is 11.6 Å². The maximum Gasteiger partial charge on any atom is 0.257 e. The minimum absolute atomic E-state index is 0.0952. The van der Waals surface area contributed by atoms with E-state index in [0.29, 0.717) is 17.4 Å². The lowest BCUT2D eigenvalue weighted by atomic mass is 9.89. The Morgan fingerprint density at radius 1 is 1.35 bits per heavy atom. The number of anilines is 1. The summed E-state index contributed by atoms with van der Waals surface area (Å²) in [6.45, 7) is 6.00. The van der Waals surface area contributed by atoms with Crippen molar-refractivity contribution in [2.24, 2.45) is 11.8 Å². The van der Waals surface area contributed by atoms with Gasteiger partial charge in [-0.1, -0.05) is 19.9 Å². The number of carbonyl (C=O) groups is 1. The van der Waals surface area contributed by atoms with Gasteiger partial charge in [0.15, 0.2) is 5.75 Å². The maximum atomic E-state index is 12.5. The largest absolute Gasteiger partial charge is 0.505 e. The summed E-state index contributed by atoms with van der Waals surface area (Å²) in [5.74, 6) is 1.13. The second-order valence-electron chi connectivity index (χ2n) is 5.97. The van der Waals surface area contributed by atoms with E-state index in [4.69, 9.17) is 5.73 Å². The van der Waals surface area contributed by atoms with Crippen LogP contribution in [-0.4, -0.2) is 29.0 Å². The van der Waals surface area contributed by atoms with Gasteiger partial charge in [0.25, 0.3) is 5.91 Å². The summed E-state index contributed by atoms with van der Waals surface area (Å²) in [5, 5.41) is 9.94. The zero-order valence-corrected chi connectivity index (χ0v) is 12.3. The molecule has 1 atom stereocenters. The summed E-state index contributed by atoms with van der Waals surface area (Å²) in [6.07, 6.45) is 3.23. The minimum Gasteiger partial charge on any atom is -0.505 e. The van der Waals surface area contributed by atoms with Crippen molar-refractivity contribution in [1.82, 2.24) is 4.90 Å². The number of carbonyl (C=O) groups excluding carboxylic acids is 1. The number of benzene rings is 1. The molecule has 1 aliphatic rings. The van der Waals surface area contributed by atoms with Gasteiger partial charge in [0, 0.05) is 13.1 Å². The van der Waals surface area contributed by atoms with E-state index in [1.54, 1.807) is 18.2 Å². The molecule has 3 N–H and O–H groups in total. The van der Waals surface area contributed by atoms with Crippen LogP contribution in [0.15, 0.2) is 18.2 Å². The second-order valence-corrected chi connectivity index (χ2v) is 5.97. The van der Waals surface area contributed by atoms with Gasteiger partial charge < -0.3 is 15.7 Å². The van der Waals surface area contributed by atoms with Gasteiger partial charge in [0.1, 0.15) is 0 Å². The van der Waals surface area contributed by atoms with E-state index >= 15 is 0 Å².